The van der Waals surface area contributed by atoms with E-state index in [9.17, 15) is 0 Å². The van der Waals surface area contributed by atoms with Gasteiger partial charge in [-0.25, -0.2) is 4.98 Å². The van der Waals surface area contributed by atoms with Crippen LogP contribution in [-0.2, 0) is 0 Å². The van der Waals surface area contributed by atoms with Gasteiger partial charge in [-0.05, 0) is 11.6 Å². The Kier molecular flexibility index (Phi) is 3.07. The Hall–Kier alpha value is -2.01. The van der Waals surface area contributed by atoms with E-state index >= 15 is 0 Å². The summed E-state index contributed by atoms with van der Waals surface area (Å²) < 4.78 is 5.11. The highest BCUT2D eigenvalue weighted by Crippen LogP contribution is 2.22. The number of methoxy groups -OCH3 is 1. The van der Waals surface area contributed by atoms with Crippen LogP contribution in [0.1, 0.15) is 17.3 Å². The van der Waals surface area contributed by atoms with Crippen molar-refractivity contribution < 1.29 is 4.74 Å². The van der Waals surface area contributed by atoms with Crippen LogP contribution >= 0.6 is 0 Å². The van der Waals surface area contributed by atoms with Crippen molar-refractivity contribution in [1.29, 1.82) is 0 Å². The Morgan fingerprint density at radius 2 is 2.06 bits per heavy atom. The van der Waals surface area contributed by atoms with Crippen molar-refractivity contribution in [3.05, 3.63) is 48.2 Å². The molecule has 0 saturated carbocycles. The predicted octanol–water partition coefficient (Wildman–Crippen LogP) is 0.928. The minimum Gasteiger partial charge on any atom is -0.480 e. The quantitative estimate of drug-likeness (QED) is 0.826. The average Bonchev–Trinajstić information content (AvgIpc) is 2.39. The summed E-state index contributed by atoms with van der Waals surface area (Å²) in [6, 6.07) is 3.35. The van der Waals surface area contributed by atoms with Gasteiger partial charge in [0.05, 0.1) is 13.2 Å². The first-order chi connectivity index (χ1) is 7.83. The van der Waals surface area contributed by atoms with Crippen molar-refractivity contribution in [2.24, 2.45) is 5.73 Å². The van der Waals surface area contributed by atoms with Crippen LogP contribution in [0.3, 0.4) is 0 Å². The maximum Gasteiger partial charge on any atom is 0.237 e. The molecule has 0 aliphatic rings. The minimum atomic E-state index is -0.377. The molecule has 2 aromatic heterocycles. The largest absolute Gasteiger partial charge is 0.480 e. The van der Waals surface area contributed by atoms with Crippen LogP contribution in [-0.4, -0.2) is 22.1 Å². The highest BCUT2D eigenvalue weighted by Gasteiger charge is 2.16. The average molecular weight is 216 g/mol. The van der Waals surface area contributed by atoms with Gasteiger partial charge in [0.15, 0.2) is 0 Å². The molecule has 2 rings (SSSR count). The normalized spacial score (nSPS) is 12.1. The van der Waals surface area contributed by atoms with E-state index in [1.807, 2.05) is 12.1 Å². The number of pyridine rings is 1. The van der Waals surface area contributed by atoms with E-state index in [1.54, 1.807) is 31.9 Å². The number of nitrogens with zero attached hydrogens (tertiary/aromatic N) is 3. The molecule has 2 N–H and O–H groups in total. The summed E-state index contributed by atoms with van der Waals surface area (Å²) in [5, 5.41) is 0. The van der Waals surface area contributed by atoms with Gasteiger partial charge in [0.25, 0.3) is 0 Å². The molecule has 0 bridgehead atoms. The van der Waals surface area contributed by atoms with Crippen LogP contribution in [0, 0.1) is 0 Å². The maximum absolute atomic E-state index is 6.07. The van der Waals surface area contributed by atoms with Crippen LogP contribution in [0.15, 0.2) is 36.9 Å². The molecule has 1 atom stereocenters. The van der Waals surface area contributed by atoms with E-state index in [4.69, 9.17) is 10.5 Å². The van der Waals surface area contributed by atoms with Gasteiger partial charge in [-0.15, -0.1) is 0 Å². The van der Waals surface area contributed by atoms with Crippen molar-refractivity contribution in [2.45, 2.75) is 6.04 Å². The Labute approximate surface area is 93.3 Å². The lowest BCUT2D eigenvalue weighted by Crippen LogP contribution is -2.15. The molecule has 0 aliphatic heterocycles. The molecule has 0 radical (unpaired) electrons. The predicted molar refractivity (Wildman–Crippen MR) is 58.9 cm³/mol. The summed E-state index contributed by atoms with van der Waals surface area (Å²) in [6.07, 6.45) is 6.56. The number of nitrogens with two attached hydrogens (primary N) is 1. The summed E-state index contributed by atoms with van der Waals surface area (Å²) in [6.45, 7) is 0. The van der Waals surface area contributed by atoms with Gasteiger partial charge < -0.3 is 10.5 Å². The van der Waals surface area contributed by atoms with Crippen molar-refractivity contribution in [1.82, 2.24) is 15.0 Å². The highest BCUT2D eigenvalue weighted by atomic mass is 16.5. The third-order valence-corrected chi connectivity index (χ3v) is 2.22. The Morgan fingerprint density at radius 3 is 2.75 bits per heavy atom. The zero-order valence-electron chi connectivity index (χ0n) is 8.87. The number of rotatable bonds is 3. The fraction of sp³-hybridized carbons (Fsp3) is 0.182. The van der Waals surface area contributed by atoms with E-state index in [1.165, 1.54) is 0 Å². The lowest BCUT2D eigenvalue weighted by Gasteiger charge is -2.12. The molecule has 0 saturated heterocycles. The zero-order valence-corrected chi connectivity index (χ0v) is 8.87. The first-order valence-electron chi connectivity index (χ1n) is 4.83. The fourth-order valence-corrected chi connectivity index (χ4v) is 1.42. The molecule has 0 aromatic carbocycles. The molecule has 2 heterocycles. The van der Waals surface area contributed by atoms with E-state index < -0.39 is 0 Å². The first-order valence-corrected chi connectivity index (χ1v) is 4.83. The molecular weight excluding hydrogens is 204 g/mol. The van der Waals surface area contributed by atoms with Gasteiger partial charge in [-0.1, -0.05) is 6.07 Å². The summed E-state index contributed by atoms with van der Waals surface area (Å²) in [4.78, 5) is 12.3. The molecule has 0 spiro atoms. The topological polar surface area (TPSA) is 73.9 Å². The van der Waals surface area contributed by atoms with Crippen LogP contribution in [0.5, 0.6) is 5.88 Å². The van der Waals surface area contributed by atoms with Gasteiger partial charge >= 0.3 is 0 Å². The molecule has 2 aromatic rings. The van der Waals surface area contributed by atoms with Gasteiger partial charge in [0.2, 0.25) is 5.88 Å². The molecule has 1 unspecified atom stereocenters. The van der Waals surface area contributed by atoms with Crippen LogP contribution in [0.2, 0.25) is 0 Å². The zero-order chi connectivity index (χ0) is 11.4. The Morgan fingerprint density at radius 1 is 1.25 bits per heavy atom. The SMILES string of the molecule is COc1nccnc1C(N)c1cccnc1. The Balaban J connectivity index is 2.37. The summed E-state index contributed by atoms with van der Waals surface area (Å²) >= 11 is 0. The maximum atomic E-state index is 6.07. The Bertz CT molecular complexity index is 461. The monoisotopic (exact) mass is 216 g/mol. The van der Waals surface area contributed by atoms with Gasteiger partial charge in [-0.2, -0.15) is 0 Å². The number of hydrogen-bond donors (Lipinski definition) is 1. The highest BCUT2D eigenvalue weighted by molar-refractivity contribution is 5.30. The third-order valence-electron chi connectivity index (χ3n) is 2.22. The second-order valence-corrected chi connectivity index (χ2v) is 3.21. The van der Waals surface area contributed by atoms with Crippen molar-refractivity contribution in [3.8, 4) is 5.88 Å². The van der Waals surface area contributed by atoms with E-state index in [0.29, 0.717) is 11.6 Å². The van der Waals surface area contributed by atoms with E-state index in [2.05, 4.69) is 15.0 Å². The molecular formula is C11H12N4O. The van der Waals surface area contributed by atoms with E-state index in [0.717, 1.165) is 5.56 Å². The molecule has 5 heteroatoms. The van der Waals surface area contributed by atoms with Crippen LogP contribution in [0.25, 0.3) is 0 Å². The minimum absolute atomic E-state index is 0.377. The van der Waals surface area contributed by atoms with Crippen molar-refractivity contribution >= 4 is 0 Å². The lowest BCUT2D eigenvalue weighted by molar-refractivity contribution is 0.387. The van der Waals surface area contributed by atoms with Crippen LogP contribution in [0.4, 0.5) is 0 Å². The standard InChI is InChI=1S/C11H12N4O/c1-16-11-10(14-5-6-15-11)9(12)8-3-2-4-13-7-8/h2-7,9H,12H2,1H3. The van der Waals surface area contributed by atoms with Crippen molar-refractivity contribution in [2.75, 3.05) is 7.11 Å². The van der Waals surface area contributed by atoms with E-state index in [-0.39, 0.29) is 6.04 Å². The molecule has 82 valence electrons. The summed E-state index contributed by atoms with van der Waals surface area (Å²) in [5.74, 6) is 0.443. The van der Waals surface area contributed by atoms with Gasteiger partial charge in [-0.3, -0.25) is 9.97 Å². The number of aromatic nitrogens is 3. The van der Waals surface area contributed by atoms with Crippen LogP contribution < -0.4 is 10.5 Å². The smallest absolute Gasteiger partial charge is 0.237 e. The molecule has 0 fully saturated rings. The van der Waals surface area contributed by atoms with Crippen molar-refractivity contribution in [3.63, 3.8) is 0 Å². The molecule has 16 heavy (non-hydrogen) atoms. The summed E-state index contributed by atoms with van der Waals surface area (Å²) in [5.41, 5.74) is 7.56. The van der Waals surface area contributed by atoms with Gasteiger partial charge in [0, 0.05) is 24.8 Å². The molecule has 5 nitrogen and oxygen atoms in total. The third kappa shape index (κ3) is 1.99. The summed E-state index contributed by atoms with van der Waals surface area (Å²) in [7, 11) is 1.55. The van der Waals surface area contributed by atoms with Gasteiger partial charge in [0.1, 0.15) is 5.69 Å². The fourth-order valence-electron chi connectivity index (χ4n) is 1.42. The molecule has 0 amide bonds. The lowest BCUT2D eigenvalue weighted by atomic mass is 10.1. The molecule has 0 aliphatic carbocycles. The second kappa shape index (κ2) is 4.67. The number of hydrogen-bond acceptors (Lipinski definition) is 5. The number of ether oxygens (including phenoxy) is 1. The first kappa shape index (κ1) is 10.5. The second-order valence-electron chi connectivity index (χ2n) is 3.21.